The molecule has 8 rings (SSSR count). The number of rotatable bonds is 3. The van der Waals surface area contributed by atoms with Crippen molar-refractivity contribution in [1.82, 2.24) is 0 Å². The van der Waals surface area contributed by atoms with Crippen molar-refractivity contribution in [2.45, 2.75) is 0 Å². The molecule has 0 amide bonds. The number of nitrogens with zero attached hydrogens (tertiary/aromatic N) is 1. The summed E-state index contributed by atoms with van der Waals surface area (Å²) in [6.45, 7) is 0. The third-order valence-electron chi connectivity index (χ3n) is 7.76. The molecule has 0 heterocycles. The molecule has 0 N–H and O–H groups in total. The van der Waals surface area contributed by atoms with Crippen molar-refractivity contribution in [3.8, 4) is 0 Å². The number of benzene rings is 8. The number of hydrogen-bond acceptors (Lipinski definition) is 1. The van der Waals surface area contributed by atoms with Gasteiger partial charge in [0.2, 0.25) is 0 Å². The second-order valence-electron chi connectivity index (χ2n) is 9.77. The number of hydrogen-bond donors (Lipinski definition) is 0. The summed E-state index contributed by atoms with van der Waals surface area (Å²) in [4.78, 5) is 2.47. The molecule has 0 bridgehead atoms. The molecule has 8 aromatic rings. The third kappa shape index (κ3) is 2.98. The molecule has 0 fully saturated rings. The first kappa shape index (κ1) is 20.3. The summed E-state index contributed by atoms with van der Waals surface area (Å²) in [5.74, 6) is 0. The van der Waals surface area contributed by atoms with Gasteiger partial charge in [0.05, 0.1) is 17.1 Å². The zero-order valence-electron chi connectivity index (χ0n) is 20.2. The Kier molecular flexibility index (Phi) is 4.29. The predicted octanol–water partition coefficient (Wildman–Crippen LogP) is 10.4. The monoisotopic (exact) mass is 469 g/mol. The molecule has 0 saturated carbocycles. The highest BCUT2D eigenvalue weighted by molar-refractivity contribution is 6.26. The van der Waals surface area contributed by atoms with Gasteiger partial charge in [-0.3, -0.25) is 0 Å². The molecular weight excluding hydrogens is 446 g/mol. The first-order valence-electron chi connectivity index (χ1n) is 12.8. The van der Waals surface area contributed by atoms with Crippen LogP contribution in [0.4, 0.5) is 17.1 Å². The molecule has 0 aliphatic carbocycles. The van der Waals surface area contributed by atoms with Crippen molar-refractivity contribution >= 4 is 70.9 Å². The van der Waals surface area contributed by atoms with Crippen LogP contribution >= 0.6 is 0 Å². The van der Waals surface area contributed by atoms with Crippen molar-refractivity contribution in [1.29, 1.82) is 0 Å². The van der Waals surface area contributed by atoms with E-state index in [0.717, 1.165) is 0 Å². The standard InChI is InChI=1S/C36H23N/c1-3-14-29-24(8-1)10-6-16-32(29)37(33-17-7-11-25-9-2-4-15-30(25)33)34-23-21-28-19-18-26-12-5-13-27-20-22-31(34)36(28)35(26)27/h1-23H. The van der Waals surface area contributed by atoms with Crippen LogP contribution in [-0.4, -0.2) is 0 Å². The zero-order chi connectivity index (χ0) is 24.3. The van der Waals surface area contributed by atoms with Crippen LogP contribution in [0, 0.1) is 0 Å². The van der Waals surface area contributed by atoms with Crippen LogP contribution in [0.2, 0.25) is 0 Å². The van der Waals surface area contributed by atoms with E-state index in [9.17, 15) is 0 Å². The van der Waals surface area contributed by atoms with E-state index in [1.54, 1.807) is 0 Å². The van der Waals surface area contributed by atoms with E-state index >= 15 is 0 Å². The van der Waals surface area contributed by atoms with Crippen LogP contribution in [0.5, 0.6) is 0 Å². The fraction of sp³-hybridized carbons (Fsp3) is 0. The Balaban J connectivity index is 1.54. The average molecular weight is 470 g/mol. The van der Waals surface area contributed by atoms with Gasteiger partial charge in [0, 0.05) is 16.2 Å². The van der Waals surface area contributed by atoms with Crippen LogP contribution < -0.4 is 4.90 Å². The lowest BCUT2D eigenvalue weighted by molar-refractivity contribution is 1.33. The van der Waals surface area contributed by atoms with Crippen molar-refractivity contribution in [2.24, 2.45) is 0 Å². The summed E-state index contributed by atoms with van der Waals surface area (Å²) in [7, 11) is 0. The second-order valence-corrected chi connectivity index (χ2v) is 9.77. The Morgan fingerprint density at radius 1 is 0.270 bits per heavy atom. The van der Waals surface area contributed by atoms with Crippen LogP contribution in [0.1, 0.15) is 0 Å². The highest BCUT2D eigenvalue weighted by Crippen LogP contribution is 2.46. The van der Waals surface area contributed by atoms with Gasteiger partial charge >= 0.3 is 0 Å². The van der Waals surface area contributed by atoms with Gasteiger partial charge < -0.3 is 4.90 Å². The first-order chi connectivity index (χ1) is 18.4. The quantitative estimate of drug-likeness (QED) is 0.233. The normalized spacial score (nSPS) is 11.8. The molecule has 1 nitrogen and oxygen atoms in total. The molecule has 0 aliphatic heterocycles. The average Bonchev–Trinajstić information content (AvgIpc) is 2.97. The molecule has 0 spiro atoms. The smallest absolute Gasteiger partial charge is 0.0541 e. The second kappa shape index (κ2) is 7.81. The lowest BCUT2D eigenvalue weighted by Gasteiger charge is -2.30. The molecule has 0 unspecified atom stereocenters. The van der Waals surface area contributed by atoms with E-state index in [1.807, 2.05) is 0 Å². The van der Waals surface area contributed by atoms with E-state index < -0.39 is 0 Å². The van der Waals surface area contributed by atoms with E-state index in [-0.39, 0.29) is 0 Å². The van der Waals surface area contributed by atoms with Gasteiger partial charge in [-0.25, -0.2) is 0 Å². The summed E-state index contributed by atoms with van der Waals surface area (Å²) in [6, 6.07) is 50.9. The van der Waals surface area contributed by atoms with E-state index in [0.29, 0.717) is 0 Å². The Hall–Kier alpha value is -4.88. The largest absolute Gasteiger partial charge is 0.309 e. The molecule has 37 heavy (non-hydrogen) atoms. The molecule has 1 heteroatoms. The van der Waals surface area contributed by atoms with Crippen molar-refractivity contribution in [3.05, 3.63) is 140 Å². The van der Waals surface area contributed by atoms with Gasteiger partial charge in [-0.1, -0.05) is 121 Å². The fourth-order valence-corrected chi connectivity index (χ4v) is 6.11. The van der Waals surface area contributed by atoms with Crippen LogP contribution in [-0.2, 0) is 0 Å². The van der Waals surface area contributed by atoms with E-state index in [1.165, 1.54) is 70.9 Å². The summed E-state index contributed by atoms with van der Waals surface area (Å²) in [5.41, 5.74) is 3.56. The maximum absolute atomic E-state index is 2.47. The number of anilines is 3. The van der Waals surface area contributed by atoms with E-state index in [4.69, 9.17) is 0 Å². The zero-order valence-corrected chi connectivity index (χ0v) is 20.2. The van der Waals surface area contributed by atoms with Gasteiger partial charge in [0.15, 0.2) is 0 Å². The number of fused-ring (bicyclic) bond motifs is 2. The Morgan fingerprint density at radius 3 is 1.35 bits per heavy atom. The Labute approximate surface area is 215 Å². The summed E-state index contributed by atoms with van der Waals surface area (Å²) >= 11 is 0. The molecule has 8 aromatic carbocycles. The third-order valence-corrected chi connectivity index (χ3v) is 7.76. The summed E-state index contributed by atoms with van der Waals surface area (Å²) in [6.07, 6.45) is 0. The van der Waals surface area contributed by atoms with Gasteiger partial charge in [-0.05, 0) is 55.9 Å². The minimum atomic E-state index is 1.18. The molecule has 0 saturated heterocycles. The molecule has 0 aromatic heterocycles. The molecule has 0 aliphatic rings. The van der Waals surface area contributed by atoms with Crippen molar-refractivity contribution < 1.29 is 0 Å². The fourth-order valence-electron chi connectivity index (χ4n) is 6.11. The SMILES string of the molecule is c1ccc2c(N(c3cccc4ccccc34)c3ccc4ccc5cccc6ccc3c4c56)cccc2c1. The Morgan fingerprint density at radius 2 is 0.703 bits per heavy atom. The topological polar surface area (TPSA) is 3.24 Å². The molecular formula is C36H23N. The van der Waals surface area contributed by atoms with Crippen molar-refractivity contribution in [2.75, 3.05) is 4.90 Å². The molecule has 0 atom stereocenters. The lowest BCUT2D eigenvalue weighted by Crippen LogP contribution is -2.11. The lowest BCUT2D eigenvalue weighted by atomic mass is 9.92. The molecule has 0 radical (unpaired) electrons. The summed E-state index contributed by atoms with van der Waals surface area (Å²) < 4.78 is 0. The van der Waals surface area contributed by atoms with Gasteiger partial charge in [0.25, 0.3) is 0 Å². The van der Waals surface area contributed by atoms with Crippen molar-refractivity contribution in [3.63, 3.8) is 0 Å². The predicted molar refractivity (Wildman–Crippen MR) is 160 cm³/mol. The van der Waals surface area contributed by atoms with Crippen LogP contribution in [0.25, 0.3) is 53.9 Å². The van der Waals surface area contributed by atoms with Crippen LogP contribution in [0.3, 0.4) is 0 Å². The van der Waals surface area contributed by atoms with E-state index in [2.05, 4.69) is 144 Å². The first-order valence-corrected chi connectivity index (χ1v) is 12.8. The van der Waals surface area contributed by atoms with Gasteiger partial charge in [-0.15, -0.1) is 0 Å². The minimum absolute atomic E-state index is 1.18. The van der Waals surface area contributed by atoms with Gasteiger partial charge in [0.1, 0.15) is 0 Å². The summed E-state index contributed by atoms with van der Waals surface area (Å²) in [5, 5.41) is 12.7. The maximum atomic E-state index is 2.47. The molecule has 172 valence electrons. The highest BCUT2D eigenvalue weighted by atomic mass is 15.1. The maximum Gasteiger partial charge on any atom is 0.0541 e. The highest BCUT2D eigenvalue weighted by Gasteiger charge is 2.21. The minimum Gasteiger partial charge on any atom is -0.309 e. The van der Waals surface area contributed by atoms with Crippen LogP contribution in [0.15, 0.2) is 140 Å². The van der Waals surface area contributed by atoms with Gasteiger partial charge in [-0.2, -0.15) is 0 Å². The Bertz CT molecular complexity index is 2000.